The highest BCUT2D eigenvalue weighted by Gasteiger charge is 2.56. The van der Waals surface area contributed by atoms with Gasteiger partial charge in [-0.15, -0.1) is 23.2 Å². The van der Waals surface area contributed by atoms with E-state index < -0.39 is 4.33 Å². The molecule has 2 atom stereocenters. The topological polar surface area (TPSA) is 29.1 Å². The van der Waals surface area contributed by atoms with Gasteiger partial charge in [-0.3, -0.25) is 4.79 Å². The van der Waals surface area contributed by atoms with Gasteiger partial charge in [-0.25, -0.2) is 0 Å². The maximum atomic E-state index is 12.0. The van der Waals surface area contributed by atoms with Gasteiger partial charge in [-0.1, -0.05) is 54.6 Å². The lowest BCUT2D eigenvalue weighted by Crippen LogP contribution is -2.29. The van der Waals surface area contributed by atoms with Crippen LogP contribution in [0.2, 0.25) is 0 Å². The van der Waals surface area contributed by atoms with Gasteiger partial charge in [0.25, 0.3) is 0 Å². The zero-order chi connectivity index (χ0) is 15.7. The van der Waals surface area contributed by atoms with E-state index in [9.17, 15) is 4.79 Å². The summed E-state index contributed by atoms with van der Waals surface area (Å²) in [6, 6.07) is 18.3. The van der Waals surface area contributed by atoms with Gasteiger partial charge in [0.1, 0.15) is 4.33 Å². The number of amides is 1. The predicted octanol–water partition coefficient (Wildman–Crippen LogP) is 4.72. The first-order valence-electron chi connectivity index (χ1n) is 7.31. The SMILES string of the molecule is C[C@@H](NC(=O)[C@@H]1CC1(Cl)Cl)c1ccc(-c2ccccc2)cc1. The molecule has 0 radical (unpaired) electrons. The minimum absolute atomic E-state index is 0.0675. The molecule has 1 fully saturated rings. The summed E-state index contributed by atoms with van der Waals surface area (Å²) in [5.41, 5.74) is 3.40. The van der Waals surface area contributed by atoms with Gasteiger partial charge in [0.05, 0.1) is 12.0 Å². The van der Waals surface area contributed by atoms with Gasteiger partial charge in [-0.05, 0) is 30.0 Å². The zero-order valence-electron chi connectivity index (χ0n) is 12.2. The van der Waals surface area contributed by atoms with E-state index in [0.29, 0.717) is 6.42 Å². The van der Waals surface area contributed by atoms with Crippen LogP contribution in [-0.4, -0.2) is 10.2 Å². The molecular weight excluding hydrogens is 317 g/mol. The largest absolute Gasteiger partial charge is 0.349 e. The molecule has 0 bridgehead atoms. The van der Waals surface area contributed by atoms with Gasteiger partial charge in [0.15, 0.2) is 0 Å². The Hall–Kier alpha value is -1.51. The highest BCUT2D eigenvalue weighted by Crippen LogP contribution is 2.53. The third-order valence-electron chi connectivity index (χ3n) is 4.02. The summed E-state index contributed by atoms with van der Waals surface area (Å²) in [6.45, 7) is 1.96. The Labute approximate surface area is 140 Å². The number of rotatable bonds is 4. The minimum atomic E-state index is -0.874. The quantitative estimate of drug-likeness (QED) is 0.805. The van der Waals surface area contributed by atoms with Crippen LogP contribution in [0.4, 0.5) is 0 Å². The number of carbonyl (C=O) groups excluding carboxylic acids is 1. The van der Waals surface area contributed by atoms with E-state index in [2.05, 4.69) is 29.6 Å². The molecule has 0 aliphatic heterocycles. The normalized spacial score (nSPS) is 20.2. The number of alkyl halides is 2. The van der Waals surface area contributed by atoms with E-state index in [1.165, 1.54) is 5.56 Å². The Morgan fingerprint density at radius 1 is 1.09 bits per heavy atom. The Morgan fingerprint density at radius 2 is 1.64 bits per heavy atom. The number of hydrogen-bond acceptors (Lipinski definition) is 1. The summed E-state index contributed by atoms with van der Waals surface area (Å²) < 4.78 is -0.874. The van der Waals surface area contributed by atoms with Crippen molar-refractivity contribution in [2.75, 3.05) is 0 Å². The highest BCUT2D eigenvalue weighted by atomic mass is 35.5. The predicted molar refractivity (Wildman–Crippen MR) is 91.0 cm³/mol. The average molecular weight is 334 g/mol. The number of halogens is 2. The molecule has 114 valence electrons. The second-order valence-corrected chi connectivity index (χ2v) is 7.28. The number of carbonyl (C=O) groups is 1. The lowest BCUT2D eigenvalue weighted by Gasteiger charge is -2.15. The van der Waals surface area contributed by atoms with E-state index in [1.54, 1.807) is 0 Å². The van der Waals surface area contributed by atoms with Gasteiger partial charge >= 0.3 is 0 Å². The molecule has 2 aromatic carbocycles. The molecule has 0 aromatic heterocycles. The first-order chi connectivity index (χ1) is 10.5. The molecule has 4 heteroatoms. The number of benzene rings is 2. The van der Waals surface area contributed by atoms with E-state index in [0.717, 1.165) is 11.1 Å². The summed E-state index contributed by atoms with van der Waals surface area (Å²) >= 11 is 11.8. The standard InChI is InChI=1S/C18H17Cl2NO/c1-12(21-17(22)16-11-18(16,19)20)13-7-9-15(10-8-13)14-5-3-2-4-6-14/h2-10,12,16H,11H2,1H3,(H,21,22)/t12-,16+/m1/s1. The first kappa shape index (κ1) is 15.4. The van der Waals surface area contributed by atoms with Gasteiger partial charge in [0.2, 0.25) is 5.91 Å². The fourth-order valence-corrected chi connectivity index (χ4v) is 3.00. The van der Waals surface area contributed by atoms with Gasteiger partial charge in [0, 0.05) is 0 Å². The van der Waals surface area contributed by atoms with Crippen molar-refractivity contribution in [3.05, 3.63) is 60.2 Å². The molecule has 3 rings (SSSR count). The van der Waals surface area contributed by atoms with Crippen molar-refractivity contribution in [1.82, 2.24) is 5.32 Å². The molecule has 1 aliphatic rings. The van der Waals surface area contributed by atoms with Crippen molar-refractivity contribution in [3.63, 3.8) is 0 Å². The molecule has 2 nitrogen and oxygen atoms in total. The fraction of sp³-hybridized carbons (Fsp3) is 0.278. The molecule has 2 aromatic rings. The Kier molecular flexibility index (Phi) is 4.16. The molecule has 1 amide bonds. The minimum Gasteiger partial charge on any atom is -0.349 e. The number of hydrogen-bond donors (Lipinski definition) is 1. The Bertz CT molecular complexity index is 667. The smallest absolute Gasteiger partial charge is 0.226 e. The van der Waals surface area contributed by atoms with Crippen LogP contribution in [0.3, 0.4) is 0 Å². The van der Waals surface area contributed by atoms with E-state index >= 15 is 0 Å². The highest BCUT2D eigenvalue weighted by molar-refractivity contribution is 6.52. The van der Waals surface area contributed by atoms with Crippen molar-refractivity contribution in [3.8, 4) is 11.1 Å². The number of nitrogens with one attached hydrogen (secondary N) is 1. The van der Waals surface area contributed by atoms with Crippen molar-refractivity contribution < 1.29 is 4.79 Å². The van der Waals surface area contributed by atoms with Crippen molar-refractivity contribution in [1.29, 1.82) is 0 Å². The molecule has 22 heavy (non-hydrogen) atoms. The summed E-state index contributed by atoms with van der Waals surface area (Å²) in [6.07, 6.45) is 0.529. The summed E-state index contributed by atoms with van der Waals surface area (Å²) in [5, 5.41) is 2.97. The Balaban J connectivity index is 1.66. The monoisotopic (exact) mass is 333 g/mol. The average Bonchev–Trinajstić information content (AvgIpc) is 3.17. The summed E-state index contributed by atoms with van der Waals surface area (Å²) in [4.78, 5) is 12.0. The van der Waals surface area contributed by atoms with Crippen LogP contribution < -0.4 is 5.32 Å². The van der Waals surface area contributed by atoms with Crippen LogP contribution in [0, 0.1) is 5.92 Å². The van der Waals surface area contributed by atoms with Crippen LogP contribution in [0.1, 0.15) is 24.9 Å². The van der Waals surface area contributed by atoms with Crippen LogP contribution in [-0.2, 0) is 4.79 Å². The molecule has 0 saturated heterocycles. The molecule has 0 unspecified atom stereocenters. The molecule has 0 spiro atoms. The van der Waals surface area contributed by atoms with Gasteiger partial charge < -0.3 is 5.32 Å². The van der Waals surface area contributed by atoms with Crippen LogP contribution in [0.5, 0.6) is 0 Å². The third kappa shape index (κ3) is 3.29. The van der Waals surface area contributed by atoms with Crippen LogP contribution in [0.15, 0.2) is 54.6 Å². The molecule has 1 saturated carbocycles. The van der Waals surface area contributed by atoms with Crippen molar-refractivity contribution >= 4 is 29.1 Å². The fourth-order valence-electron chi connectivity index (χ4n) is 2.49. The maximum Gasteiger partial charge on any atom is 0.226 e. The molecule has 0 heterocycles. The Morgan fingerprint density at radius 3 is 2.18 bits per heavy atom. The van der Waals surface area contributed by atoms with E-state index in [-0.39, 0.29) is 17.9 Å². The van der Waals surface area contributed by atoms with Gasteiger partial charge in [-0.2, -0.15) is 0 Å². The van der Waals surface area contributed by atoms with Crippen molar-refractivity contribution in [2.45, 2.75) is 23.7 Å². The van der Waals surface area contributed by atoms with Crippen molar-refractivity contribution in [2.24, 2.45) is 5.92 Å². The summed E-state index contributed by atoms with van der Waals surface area (Å²) in [5.74, 6) is -0.369. The van der Waals surface area contributed by atoms with E-state index in [1.807, 2.05) is 37.3 Å². The zero-order valence-corrected chi connectivity index (χ0v) is 13.7. The third-order valence-corrected chi connectivity index (χ3v) is 4.85. The van der Waals surface area contributed by atoms with Crippen LogP contribution in [0.25, 0.3) is 11.1 Å². The second-order valence-electron chi connectivity index (χ2n) is 5.74. The second kappa shape index (κ2) is 5.94. The lowest BCUT2D eigenvalue weighted by atomic mass is 10.0. The molecule has 1 N–H and O–H groups in total. The maximum absolute atomic E-state index is 12.0. The lowest BCUT2D eigenvalue weighted by molar-refractivity contribution is -0.123. The molecular formula is C18H17Cl2NO. The first-order valence-corrected chi connectivity index (χ1v) is 8.06. The molecule has 1 aliphatic carbocycles. The summed E-state index contributed by atoms with van der Waals surface area (Å²) in [7, 11) is 0. The van der Waals surface area contributed by atoms with E-state index in [4.69, 9.17) is 23.2 Å². The van der Waals surface area contributed by atoms with Crippen LogP contribution >= 0.6 is 23.2 Å².